The minimum Gasteiger partial charge on any atom is -0.497 e. The molecule has 2 aromatic carbocycles. The SMILES string of the molecule is COc1ccc2c(c1)[C@H](O)CC(c1cc(F)cc(F)c1)O2. The molecule has 0 fully saturated rings. The maximum Gasteiger partial charge on any atom is 0.127 e. The average Bonchev–Trinajstić information content (AvgIpc) is 2.46. The van der Waals surface area contributed by atoms with Crippen molar-refractivity contribution in [2.75, 3.05) is 7.11 Å². The van der Waals surface area contributed by atoms with Crippen LogP contribution in [0, 0.1) is 11.6 Å². The van der Waals surface area contributed by atoms with Gasteiger partial charge in [0.2, 0.25) is 0 Å². The first-order chi connectivity index (χ1) is 10.1. The van der Waals surface area contributed by atoms with Gasteiger partial charge in [0.05, 0.1) is 13.2 Å². The third-order valence-corrected chi connectivity index (χ3v) is 3.54. The van der Waals surface area contributed by atoms with Crippen molar-refractivity contribution in [2.24, 2.45) is 0 Å². The van der Waals surface area contributed by atoms with E-state index in [1.54, 1.807) is 18.2 Å². The van der Waals surface area contributed by atoms with E-state index in [2.05, 4.69) is 0 Å². The Morgan fingerprint density at radius 1 is 1.14 bits per heavy atom. The second-order valence-electron chi connectivity index (χ2n) is 4.96. The zero-order chi connectivity index (χ0) is 15.0. The second-order valence-corrected chi connectivity index (χ2v) is 4.96. The van der Waals surface area contributed by atoms with Gasteiger partial charge in [-0.1, -0.05) is 0 Å². The molecule has 0 saturated heterocycles. The van der Waals surface area contributed by atoms with Crippen molar-refractivity contribution in [3.63, 3.8) is 0 Å². The molecule has 2 aromatic rings. The summed E-state index contributed by atoms with van der Waals surface area (Å²) >= 11 is 0. The fraction of sp³-hybridized carbons (Fsp3) is 0.250. The quantitative estimate of drug-likeness (QED) is 0.920. The monoisotopic (exact) mass is 292 g/mol. The lowest BCUT2D eigenvalue weighted by Crippen LogP contribution is -2.19. The van der Waals surface area contributed by atoms with E-state index < -0.39 is 23.8 Å². The number of rotatable bonds is 2. The van der Waals surface area contributed by atoms with E-state index in [4.69, 9.17) is 9.47 Å². The lowest BCUT2D eigenvalue weighted by atomic mass is 9.94. The van der Waals surface area contributed by atoms with Gasteiger partial charge in [0.25, 0.3) is 0 Å². The molecule has 0 aliphatic carbocycles. The molecule has 21 heavy (non-hydrogen) atoms. The maximum atomic E-state index is 13.3. The summed E-state index contributed by atoms with van der Waals surface area (Å²) in [6.45, 7) is 0. The van der Waals surface area contributed by atoms with Gasteiger partial charge >= 0.3 is 0 Å². The number of hydrogen-bond donors (Lipinski definition) is 1. The van der Waals surface area contributed by atoms with Crippen LogP contribution in [-0.2, 0) is 0 Å². The molecule has 3 nitrogen and oxygen atoms in total. The molecular weight excluding hydrogens is 278 g/mol. The van der Waals surface area contributed by atoms with Crippen LogP contribution in [-0.4, -0.2) is 12.2 Å². The van der Waals surface area contributed by atoms with Crippen LogP contribution in [0.15, 0.2) is 36.4 Å². The number of benzene rings is 2. The van der Waals surface area contributed by atoms with Gasteiger partial charge in [0.15, 0.2) is 0 Å². The van der Waals surface area contributed by atoms with Gasteiger partial charge in [-0.05, 0) is 35.9 Å². The van der Waals surface area contributed by atoms with E-state index in [0.717, 1.165) is 6.07 Å². The average molecular weight is 292 g/mol. The molecule has 0 saturated carbocycles. The molecule has 110 valence electrons. The van der Waals surface area contributed by atoms with E-state index in [1.165, 1.54) is 19.2 Å². The van der Waals surface area contributed by atoms with Crippen molar-refractivity contribution in [3.05, 3.63) is 59.2 Å². The van der Waals surface area contributed by atoms with Crippen molar-refractivity contribution in [1.29, 1.82) is 0 Å². The van der Waals surface area contributed by atoms with Gasteiger partial charge in [0, 0.05) is 18.1 Å². The molecule has 0 bridgehead atoms. The molecule has 1 aliphatic rings. The van der Waals surface area contributed by atoms with Crippen LogP contribution in [0.25, 0.3) is 0 Å². The van der Waals surface area contributed by atoms with Crippen LogP contribution in [0.4, 0.5) is 8.78 Å². The fourth-order valence-corrected chi connectivity index (χ4v) is 2.52. The van der Waals surface area contributed by atoms with E-state index >= 15 is 0 Å². The molecule has 0 radical (unpaired) electrons. The summed E-state index contributed by atoms with van der Waals surface area (Å²) < 4.78 is 37.5. The number of aliphatic hydroxyl groups is 1. The number of halogens is 2. The van der Waals surface area contributed by atoms with Crippen LogP contribution in [0.2, 0.25) is 0 Å². The van der Waals surface area contributed by atoms with Crippen LogP contribution in [0.1, 0.15) is 29.8 Å². The molecule has 1 heterocycles. The zero-order valence-electron chi connectivity index (χ0n) is 11.3. The smallest absolute Gasteiger partial charge is 0.127 e. The summed E-state index contributed by atoms with van der Waals surface area (Å²) in [6, 6.07) is 8.33. The summed E-state index contributed by atoms with van der Waals surface area (Å²) in [5, 5.41) is 10.2. The standard InChI is InChI=1S/C16H14F2O3/c1-20-12-2-3-15-13(7-12)14(19)8-16(21-15)9-4-10(17)6-11(18)5-9/h2-7,14,16,19H,8H2,1H3/t14-,16?/m1/s1. The third kappa shape index (κ3) is 2.69. The van der Waals surface area contributed by atoms with Crippen molar-refractivity contribution < 1.29 is 23.4 Å². The summed E-state index contributed by atoms with van der Waals surface area (Å²) in [7, 11) is 1.54. The molecule has 0 amide bonds. The van der Waals surface area contributed by atoms with E-state index in [0.29, 0.717) is 22.6 Å². The first-order valence-electron chi connectivity index (χ1n) is 6.55. The Balaban J connectivity index is 1.94. The highest BCUT2D eigenvalue weighted by atomic mass is 19.1. The topological polar surface area (TPSA) is 38.7 Å². The lowest BCUT2D eigenvalue weighted by Gasteiger charge is -2.30. The van der Waals surface area contributed by atoms with Crippen LogP contribution in [0.5, 0.6) is 11.5 Å². The molecule has 1 unspecified atom stereocenters. The normalized spacial score (nSPS) is 20.6. The number of fused-ring (bicyclic) bond motifs is 1. The predicted octanol–water partition coefficient (Wildman–Crippen LogP) is 3.53. The molecular formula is C16H14F2O3. The molecule has 3 rings (SSSR count). The van der Waals surface area contributed by atoms with Gasteiger partial charge in [-0.2, -0.15) is 0 Å². The molecule has 1 aliphatic heterocycles. The Hall–Kier alpha value is -2.14. The van der Waals surface area contributed by atoms with E-state index in [-0.39, 0.29) is 6.42 Å². The highest BCUT2D eigenvalue weighted by molar-refractivity contribution is 5.43. The lowest BCUT2D eigenvalue weighted by molar-refractivity contribution is 0.0651. The van der Waals surface area contributed by atoms with Gasteiger partial charge in [0.1, 0.15) is 29.2 Å². The van der Waals surface area contributed by atoms with Gasteiger partial charge in [-0.15, -0.1) is 0 Å². The predicted molar refractivity (Wildman–Crippen MR) is 72.3 cm³/mol. The Kier molecular flexibility index (Phi) is 3.51. The number of methoxy groups -OCH3 is 1. The highest BCUT2D eigenvalue weighted by Gasteiger charge is 2.29. The Bertz CT molecular complexity index is 652. The molecule has 0 aromatic heterocycles. The van der Waals surface area contributed by atoms with Crippen molar-refractivity contribution in [3.8, 4) is 11.5 Å². The summed E-state index contributed by atoms with van der Waals surface area (Å²) in [5.41, 5.74) is 0.982. The van der Waals surface area contributed by atoms with Crippen molar-refractivity contribution >= 4 is 0 Å². The largest absolute Gasteiger partial charge is 0.497 e. The van der Waals surface area contributed by atoms with E-state index in [1.807, 2.05) is 0 Å². The van der Waals surface area contributed by atoms with Gasteiger partial charge in [-0.3, -0.25) is 0 Å². The van der Waals surface area contributed by atoms with Crippen molar-refractivity contribution in [1.82, 2.24) is 0 Å². The fourth-order valence-electron chi connectivity index (χ4n) is 2.52. The molecule has 1 N–H and O–H groups in total. The van der Waals surface area contributed by atoms with Crippen molar-refractivity contribution in [2.45, 2.75) is 18.6 Å². The molecule has 5 heteroatoms. The minimum atomic E-state index is -0.778. The first kappa shape index (κ1) is 13.8. The highest BCUT2D eigenvalue weighted by Crippen LogP contribution is 2.42. The van der Waals surface area contributed by atoms with Crippen LogP contribution >= 0.6 is 0 Å². The molecule has 2 atom stereocenters. The summed E-state index contributed by atoms with van der Waals surface area (Å²) in [6.07, 6.45) is -1.14. The van der Waals surface area contributed by atoms with E-state index in [9.17, 15) is 13.9 Å². The summed E-state index contributed by atoms with van der Waals surface area (Å²) in [4.78, 5) is 0. The number of ether oxygens (including phenoxy) is 2. The van der Waals surface area contributed by atoms with Gasteiger partial charge in [-0.25, -0.2) is 8.78 Å². The molecule has 0 spiro atoms. The Morgan fingerprint density at radius 3 is 2.52 bits per heavy atom. The van der Waals surface area contributed by atoms with Crippen LogP contribution < -0.4 is 9.47 Å². The zero-order valence-corrected chi connectivity index (χ0v) is 11.3. The first-order valence-corrected chi connectivity index (χ1v) is 6.55. The second kappa shape index (κ2) is 5.33. The van der Waals surface area contributed by atoms with Gasteiger partial charge < -0.3 is 14.6 Å². The summed E-state index contributed by atoms with van der Waals surface area (Å²) in [5.74, 6) is -0.219. The van der Waals surface area contributed by atoms with Crippen LogP contribution in [0.3, 0.4) is 0 Å². The maximum absolute atomic E-state index is 13.3. The number of aliphatic hydroxyl groups excluding tert-OH is 1. The number of hydrogen-bond acceptors (Lipinski definition) is 3. The Morgan fingerprint density at radius 2 is 1.86 bits per heavy atom. The Labute approximate surface area is 120 Å². The third-order valence-electron chi connectivity index (χ3n) is 3.54. The minimum absolute atomic E-state index is 0.225.